The molecule has 2 aliphatic rings. The van der Waals surface area contributed by atoms with Crippen molar-refractivity contribution in [3.63, 3.8) is 0 Å². The molecule has 1 aliphatic heterocycles. The van der Waals surface area contributed by atoms with Crippen molar-refractivity contribution in [1.82, 2.24) is 10.2 Å². The summed E-state index contributed by atoms with van der Waals surface area (Å²) < 4.78 is 5.49. The fourth-order valence-corrected chi connectivity index (χ4v) is 3.93. The number of hydrogen-bond acceptors (Lipinski definition) is 3. The van der Waals surface area contributed by atoms with Crippen molar-refractivity contribution < 1.29 is 4.74 Å². The van der Waals surface area contributed by atoms with Crippen LogP contribution in [-0.2, 0) is 4.74 Å². The first-order chi connectivity index (χ1) is 9.85. The lowest BCUT2D eigenvalue weighted by molar-refractivity contribution is 0.0764. The smallest absolute Gasteiger partial charge is 0.0478 e. The lowest BCUT2D eigenvalue weighted by Crippen LogP contribution is -2.58. The minimum atomic E-state index is 0.733. The van der Waals surface area contributed by atoms with Crippen molar-refractivity contribution in [2.24, 2.45) is 5.92 Å². The van der Waals surface area contributed by atoms with Crippen molar-refractivity contribution in [3.8, 4) is 0 Å². The predicted octanol–water partition coefficient (Wildman–Crippen LogP) is 3.05. The van der Waals surface area contributed by atoms with Gasteiger partial charge in [-0.1, -0.05) is 26.2 Å². The standard InChI is InChI=1S/C17H34N2O/c1-3-16-13-18-17(15-9-6-5-7-10-15)14-19(16)11-8-12-20-4-2/h15-18H,3-14H2,1-2H3. The molecule has 1 saturated heterocycles. The summed E-state index contributed by atoms with van der Waals surface area (Å²) >= 11 is 0. The first kappa shape index (κ1) is 16.3. The van der Waals surface area contributed by atoms with E-state index in [1.165, 1.54) is 64.6 Å². The average Bonchev–Trinajstić information content (AvgIpc) is 2.52. The molecule has 2 rings (SSSR count). The third-order valence-electron chi connectivity index (χ3n) is 5.19. The fraction of sp³-hybridized carbons (Fsp3) is 1.00. The second-order valence-electron chi connectivity index (χ2n) is 6.52. The highest BCUT2D eigenvalue weighted by molar-refractivity contribution is 4.90. The number of ether oxygens (including phenoxy) is 1. The van der Waals surface area contributed by atoms with E-state index in [1.54, 1.807) is 0 Å². The van der Waals surface area contributed by atoms with E-state index in [0.717, 1.165) is 31.2 Å². The predicted molar refractivity (Wildman–Crippen MR) is 85.1 cm³/mol. The van der Waals surface area contributed by atoms with E-state index in [-0.39, 0.29) is 0 Å². The number of nitrogens with one attached hydrogen (secondary N) is 1. The second kappa shape index (κ2) is 9.01. The Labute approximate surface area is 125 Å². The zero-order valence-electron chi connectivity index (χ0n) is 13.6. The summed E-state index contributed by atoms with van der Waals surface area (Å²) in [6.07, 6.45) is 9.69. The van der Waals surface area contributed by atoms with Gasteiger partial charge < -0.3 is 10.1 Å². The molecule has 0 spiro atoms. The van der Waals surface area contributed by atoms with E-state index in [0.29, 0.717) is 0 Å². The van der Waals surface area contributed by atoms with Crippen molar-refractivity contribution in [1.29, 1.82) is 0 Å². The van der Waals surface area contributed by atoms with Crippen LogP contribution in [-0.4, -0.2) is 49.8 Å². The third-order valence-corrected chi connectivity index (χ3v) is 5.19. The van der Waals surface area contributed by atoms with Crippen LogP contribution in [0.3, 0.4) is 0 Å². The number of nitrogens with zero attached hydrogens (tertiary/aromatic N) is 1. The van der Waals surface area contributed by atoms with Gasteiger partial charge in [0.05, 0.1) is 0 Å². The average molecular weight is 282 g/mol. The highest BCUT2D eigenvalue weighted by atomic mass is 16.5. The Morgan fingerprint density at radius 1 is 1.15 bits per heavy atom. The highest BCUT2D eigenvalue weighted by Crippen LogP contribution is 2.28. The Hall–Kier alpha value is -0.120. The molecule has 0 bridgehead atoms. The molecule has 0 aromatic heterocycles. The Morgan fingerprint density at radius 3 is 2.65 bits per heavy atom. The van der Waals surface area contributed by atoms with Gasteiger partial charge in [-0.25, -0.2) is 0 Å². The van der Waals surface area contributed by atoms with E-state index in [2.05, 4.69) is 24.1 Å². The molecule has 2 atom stereocenters. The molecule has 0 aromatic carbocycles. The first-order valence-corrected chi connectivity index (χ1v) is 8.90. The van der Waals surface area contributed by atoms with Crippen LogP contribution in [0.5, 0.6) is 0 Å². The molecular formula is C17H34N2O. The minimum absolute atomic E-state index is 0.733. The zero-order chi connectivity index (χ0) is 14.2. The maximum Gasteiger partial charge on any atom is 0.0478 e. The van der Waals surface area contributed by atoms with E-state index in [1.807, 2.05) is 0 Å². The molecule has 20 heavy (non-hydrogen) atoms. The molecule has 2 fully saturated rings. The normalized spacial score (nSPS) is 29.7. The molecule has 0 amide bonds. The van der Waals surface area contributed by atoms with Crippen LogP contribution in [0.25, 0.3) is 0 Å². The van der Waals surface area contributed by atoms with Crippen LogP contribution in [0.1, 0.15) is 58.8 Å². The molecule has 118 valence electrons. The maximum atomic E-state index is 5.49. The Bertz CT molecular complexity index is 253. The minimum Gasteiger partial charge on any atom is -0.382 e. The summed E-state index contributed by atoms with van der Waals surface area (Å²) in [5.41, 5.74) is 0. The highest BCUT2D eigenvalue weighted by Gasteiger charge is 2.31. The molecular weight excluding hydrogens is 248 g/mol. The summed E-state index contributed by atoms with van der Waals surface area (Å²) in [4.78, 5) is 2.73. The largest absolute Gasteiger partial charge is 0.382 e. The van der Waals surface area contributed by atoms with Crippen LogP contribution in [0.2, 0.25) is 0 Å². The lowest BCUT2D eigenvalue weighted by atomic mass is 9.82. The van der Waals surface area contributed by atoms with Crippen LogP contribution in [0.4, 0.5) is 0 Å². The summed E-state index contributed by atoms with van der Waals surface area (Å²) in [7, 11) is 0. The summed E-state index contributed by atoms with van der Waals surface area (Å²) in [5, 5.41) is 3.85. The Kier molecular flexibility index (Phi) is 7.32. The number of piperazine rings is 1. The van der Waals surface area contributed by atoms with Gasteiger partial charge in [0.1, 0.15) is 0 Å². The van der Waals surface area contributed by atoms with E-state index < -0.39 is 0 Å². The van der Waals surface area contributed by atoms with Gasteiger partial charge in [-0.2, -0.15) is 0 Å². The van der Waals surface area contributed by atoms with Crippen LogP contribution in [0.15, 0.2) is 0 Å². The van der Waals surface area contributed by atoms with Gasteiger partial charge >= 0.3 is 0 Å². The summed E-state index contributed by atoms with van der Waals surface area (Å²) in [5.74, 6) is 0.927. The Morgan fingerprint density at radius 2 is 1.95 bits per heavy atom. The molecule has 3 heteroatoms. The van der Waals surface area contributed by atoms with Gasteiger partial charge in [0.2, 0.25) is 0 Å². The van der Waals surface area contributed by atoms with Crippen LogP contribution < -0.4 is 5.32 Å². The summed E-state index contributed by atoms with van der Waals surface area (Å²) in [6.45, 7) is 9.83. The molecule has 3 nitrogen and oxygen atoms in total. The van der Waals surface area contributed by atoms with Gasteiger partial charge in [-0.15, -0.1) is 0 Å². The topological polar surface area (TPSA) is 24.5 Å². The van der Waals surface area contributed by atoms with Gasteiger partial charge in [-0.3, -0.25) is 4.90 Å². The molecule has 1 heterocycles. The second-order valence-corrected chi connectivity index (χ2v) is 6.52. The van der Waals surface area contributed by atoms with Crippen molar-refractivity contribution in [2.75, 3.05) is 32.8 Å². The Balaban J connectivity index is 1.79. The SMILES string of the molecule is CCOCCCN1CC(C2CCCCC2)NCC1CC. The quantitative estimate of drug-likeness (QED) is 0.726. The van der Waals surface area contributed by atoms with Crippen LogP contribution >= 0.6 is 0 Å². The van der Waals surface area contributed by atoms with E-state index >= 15 is 0 Å². The summed E-state index contributed by atoms with van der Waals surface area (Å²) in [6, 6.07) is 1.47. The lowest BCUT2D eigenvalue weighted by Gasteiger charge is -2.44. The van der Waals surface area contributed by atoms with Gasteiger partial charge in [0.15, 0.2) is 0 Å². The van der Waals surface area contributed by atoms with Gasteiger partial charge in [0, 0.05) is 44.9 Å². The van der Waals surface area contributed by atoms with Crippen molar-refractivity contribution in [3.05, 3.63) is 0 Å². The number of hydrogen-bond donors (Lipinski definition) is 1. The molecule has 0 aromatic rings. The molecule has 1 aliphatic carbocycles. The molecule has 1 N–H and O–H groups in total. The fourth-order valence-electron chi connectivity index (χ4n) is 3.93. The van der Waals surface area contributed by atoms with E-state index in [4.69, 9.17) is 4.74 Å². The van der Waals surface area contributed by atoms with Crippen molar-refractivity contribution in [2.45, 2.75) is 70.9 Å². The van der Waals surface area contributed by atoms with E-state index in [9.17, 15) is 0 Å². The van der Waals surface area contributed by atoms with Crippen LogP contribution in [0, 0.1) is 5.92 Å². The van der Waals surface area contributed by atoms with Gasteiger partial charge in [-0.05, 0) is 38.5 Å². The van der Waals surface area contributed by atoms with Crippen molar-refractivity contribution >= 4 is 0 Å². The number of rotatable bonds is 7. The third kappa shape index (κ3) is 4.71. The maximum absolute atomic E-state index is 5.49. The molecule has 1 saturated carbocycles. The zero-order valence-corrected chi connectivity index (χ0v) is 13.6. The van der Waals surface area contributed by atoms with Gasteiger partial charge in [0.25, 0.3) is 0 Å². The molecule has 0 radical (unpaired) electrons. The molecule has 2 unspecified atom stereocenters. The first-order valence-electron chi connectivity index (χ1n) is 8.90. The monoisotopic (exact) mass is 282 g/mol.